The third-order valence-electron chi connectivity index (χ3n) is 3.42. The van der Waals surface area contributed by atoms with E-state index in [1.807, 2.05) is 0 Å². The van der Waals surface area contributed by atoms with Crippen molar-refractivity contribution in [2.75, 3.05) is 12.1 Å². The first-order valence-electron chi connectivity index (χ1n) is 6.14. The second-order valence-electron chi connectivity index (χ2n) is 5.38. The van der Waals surface area contributed by atoms with E-state index in [1.54, 1.807) is 0 Å². The smallest absolute Gasteiger partial charge is 0.0568 e. The van der Waals surface area contributed by atoms with E-state index in [9.17, 15) is 0 Å². The highest BCUT2D eigenvalue weighted by atomic mass is 15.5. The van der Waals surface area contributed by atoms with Gasteiger partial charge in [-0.2, -0.15) is 0 Å². The molecule has 0 saturated carbocycles. The maximum absolute atomic E-state index is 3.52. The van der Waals surface area contributed by atoms with Crippen LogP contribution >= 0.6 is 0 Å². The highest BCUT2D eigenvalue weighted by Gasteiger charge is 2.28. The summed E-state index contributed by atoms with van der Waals surface area (Å²) in [5.74, 6) is 1.21. The van der Waals surface area contributed by atoms with Gasteiger partial charge in [-0.05, 0) is 29.0 Å². The van der Waals surface area contributed by atoms with E-state index < -0.39 is 0 Å². The molecule has 1 aromatic rings. The van der Waals surface area contributed by atoms with Gasteiger partial charge in [-0.15, -0.1) is 0 Å². The largest absolute Gasteiger partial charge is 0.311 e. The van der Waals surface area contributed by atoms with Crippen molar-refractivity contribution in [1.82, 2.24) is 5.43 Å². The molecule has 1 unspecified atom stereocenters. The fourth-order valence-corrected chi connectivity index (χ4v) is 2.33. The van der Waals surface area contributed by atoms with E-state index in [4.69, 9.17) is 0 Å². The van der Waals surface area contributed by atoms with Crippen LogP contribution in [0.25, 0.3) is 0 Å². The number of anilines is 1. The van der Waals surface area contributed by atoms with Crippen LogP contribution in [0.15, 0.2) is 18.2 Å². The lowest BCUT2D eigenvalue weighted by Gasteiger charge is -2.17. The lowest BCUT2D eigenvalue weighted by atomic mass is 9.93. The van der Waals surface area contributed by atoms with Crippen LogP contribution in [0.5, 0.6) is 0 Å². The molecular formula is C14H22N2. The Labute approximate surface area is 98.6 Å². The highest BCUT2D eigenvalue weighted by Crippen LogP contribution is 2.37. The average molecular weight is 218 g/mol. The number of hydrazine groups is 1. The lowest BCUT2D eigenvalue weighted by Crippen LogP contribution is -2.32. The third kappa shape index (κ3) is 1.82. The predicted octanol–water partition coefficient (Wildman–Crippen LogP) is 3.46. The second kappa shape index (κ2) is 4.10. The molecule has 1 heterocycles. The van der Waals surface area contributed by atoms with Crippen molar-refractivity contribution in [2.45, 2.75) is 39.7 Å². The summed E-state index contributed by atoms with van der Waals surface area (Å²) in [6.07, 6.45) is 0. The van der Waals surface area contributed by atoms with Crippen LogP contribution < -0.4 is 10.4 Å². The molecule has 1 atom stereocenters. The van der Waals surface area contributed by atoms with Gasteiger partial charge in [0.2, 0.25) is 0 Å². The minimum absolute atomic E-state index is 0.459. The Kier molecular flexibility index (Phi) is 2.94. The Bertz CT molecular complexity index is 382. The van der Waals surface area contributed by atoms with E-state index in [-0.39, 0.29) is 0 Å². The van der Waals surface area contributed by atoms with Gasteiger partial charge >= 0.3 is 0 Å². The Morgan fingerprint density at radius 3 is 2.44 bits per heavy atom. The normalized spacial score (nSPS) is 19.7. The number of hydrogen-bond donors (Lipinski definition) is 1. The first-order chi connectivity index (χ1) is 7.50. The Morgan fingerprint density at radius 2 is 1.88 bits per heavy atom. The van der Waals surface area contributed by atoms with Gasteiger partial charge < -0.3 is 5.01 Å². The summed E-state index contributed by atoms with van der Waals surface area (Å²) in [5, 5.41) is 2.16. The molecular weight excluding hydrogens is 196 g/mol. The average Bonchev–Trinajstić information content (AvgIpc) is 2.56. The molecule has 1 N–H and O–H groups in total. The minimum atomic E-state index is 0.459. The topological polar surface area (TPSA) is 15.3 Å². The third-order valence-corrected chi connectivity index (χ3v) is 3.42. The van der Waals surface area contributed by atoms with E-state index >= 15 is 0 Å². The van der Waals surface area contributed by atoms with Crippen molar-refractivity contribution < 1.29 is 0 Å². The number of benzene rings is 1. The lowest BCUT2D eigenvalue weighted by molar-refractivity contribution is 0.436. The molecule has 1 aromatic carbocycles. The molecule has 2 heteroatoms. The van der Waals surface area contributed by atoms with Crippen LogP contribution in [0.3, 0.4) is 0 Å². The molecule has 0 spiro atoms. The summed E-state index contributed by atoms with van der Waals surface area (Å²) in [6, 6.07) is 7.32. The first kappa shape index (κ1) is 11.5. The maximum atomic E-state index is 3.52. The van der Waals surface area contributed by atoms with E-state index in [1.165, 1.54) is 16.8 Å². The zero-order valence-corrected chi connectivity index (χ0v) is 10.9. The van der Waals surface area contributed by atoms with E-state index in [0.29, 0.717) is 17.9 Å². The monoisotopic (exact) mass is 218 g/mol. The Balaban J connectivity index is 2.41. The Morgan fingerprint density at radius 1 is 1.19 bits per heavy atom. The summed E-state index contributed by atoms with van der Waals surface area (Å²) in [7, 11) is 2.10. The molecule has 1 aliphatic rings. The number of nitrogens with zero attached hydrogens (tertiary/aromatic N) is 1. The van der Waals surface area contributed by atoms with Gasteiger partial charge in [0, 0.05) is 7.05 Å². The van der Waals surface area contributed by atoms with E-state index in [0.717, 1.165) is 0 Å². The number of rotatable bonds is 2. The summed E-state index contributed by atoms with van der Waals surface area (Å²) >= 11 is 0. The van der Waals surface area contributed by atoms with Gasteiger partial charge in [0.25, 0.3) is 0 Å². The SMILES string of the molecule is CC(C)c1ccc2c(c1)N(C)NC2C(C)C. The summed E-state index contributed by atoms with van der Waals surface area (Å²) < 4.78 is 0. The van der Waals surface area contributed by atoms with Gasteiger partial charge in [0.1, 0.15) is 0 Å². The quantitative estimate of drug-likeness (QED) is 0.817. The van der Waals surface area contributed by atoms with Crippen molar-refractivity contribution in [3.05, 3.63) is 29.3 Å². The van der Waals surface area contributed by atoms with Crippen molar-refractivity contribution in [2.24, 2.45) is 5.92 Å². The zero-order chi connectivity index (χ0) is 11.9. The summed E-state index contributed by atoms with van der Waals surface area (Å²) in [6.45, 7) is 9.00. The van der Waals surface area contributed by atoms with Crippen molar-refractivity contribution >= 4 is 5.69 Å². The predicted molar refractivity (Wildman–Crippen MR) is 69.6 cm³/mol. The molecule has 0 amide bonds. The van der Waals surface area contributed by atoms with Crippen molar-refractivity contribution in [1.29, 1.82) is 0 Å². The van der Waals surface area contributed by atoms with Crippen LogP contribution in [0.1, 0.15) is 50.8 Å². The number of fused-ring (bicyclic) bond motifs is 1. The summed E-state index contributed by atoms with van der Waals surface area (Å²) in [4.78, 5) is 0. The van der Waals surface area contributed by atoms with Crippen LogP contribution in [-0.2, 0) is 0 Å². The maximum Gasteiger partial charge on any atom is 0.0568 e. The van der Waals surface area contributed by atoms with Crippen molar-refractivity contribution in [3.63, 3.8) is 0 Å². The van der Waals surface area contributed by atoms with Gasteiger partial charge in [-0.1, -0.05) is 39.8 Å². The number of hydrogen-bond acceptors (Lipinski definition) is 2. The second-order valence-corrected chi connectivity index (χ2v) is 5.38. The molecule has 0 aromatic heterocycles. The molecule has 1 aliphatic heterocycles. The van der Waals surface area contributed by atoms with Crippen LogP contribution in [0.4, 0.5) is 5.69 Å². The first-order valence-corrected chi connectivity index (χ1v) is 6.14. The van der Waals surface area contributed by atoms with E-state index in [2.05, 4.69) is 63.4 Å². The fraction of sp³-hybridized carbons (Fsp3) is 0.571. The molecule has 88 valence electrons. The Hall–Kier alpha value is -1.02. The molecule has 0 aliphatic carbocycles. The minimum Gasteiger partial charge on any atom is -0.311 e. The van der Waals surface area contributed by atoms with Gasteiger partial charge in [-0.25, -0.2) is 5.43 Å². The molecule has 16 heavy (non-hydrogen) atoms. The van der Waals surface area contributed by atoms with Gasteiger partial charge in [0.15, 0.2) is 0 Å². The fourth-order valence-electron chi connectivity index (χ4n) is 2.33. The standard InChI is InChI=1S/C14H22N2/c1-9(2)11-6-7-12-13(8-11)16(5)15-14(12)10(3)4/h6-10,14-15H,1-5H3. The number of nitrogens with one attached hydrogen (secondary N) is 1. The van der Waals surface area contributed by atoms with Gasteiger partial charge in [0.05, 0.1) is 11.7 Å². The zero-order valence-electron chi connectivity index (χ0n) is 10.9. The van der Waals surface area contributed by atoms with Crippen LogP contribution in [0, 0.1) is 5.92 Å². The molecule has 0 radical (unpaired) electrons. The molecule has 0 fully saturated rings. The van der Waals surface area contributed by atoms with Crippen LogP contribution in [0.2, 0.25) is 0 Å². The molecule has 2 rings (SSSR count). The highest BCUT2D eigenvalue weighted by molar-refractivity contribution is 5.59. The molecule has 0 saturated heterocycles. The van der Waals surface area contributed by atoms with Gasteiger partial charge in [-0.3, -0.25) is 0 Å². The molecule has 2 nitrogen and oxygen atoms in total. The molecule has 0 bridgehead atoms. The van der Waals surface area contributed by atoms with Crippen LogP contribution in [-0.4, -0.2) is 7.05 Å². The van der Waals surface area contributed by atoms with Crippen molar-refractivity contribution in [3.8, 4) is 0 Å². The summed E-state index contributed by atoms with van der Waals surface area (Å²) in [5.41, 5.74) is 7.70.